The van der Waals surface area contributed by atoms with E-state index in [1.54, 1.807) is 0 Å². The molecule has 0 aliphatic rings. The molecular formula is C88H58BBrO2. The predicted molar refractivity (Wildman–Crippen MR) is 399 cm³/mol. The minimum Gasteiger partial charge on any atom is -0.423 e. The lowest BCUT2D eigenvalue weighted by Gasteiger charge is -2.19. The SMILES string of the molecule is Brc1cccc(-c2cccc3c2ccc2ccccc23)c1.OB(O)c1c2ccccc2c(-c2cccc3ccccc23)c2ccccc12.c1cc(-c2c3ccccc3c(-c3cccc4ccccc34)c3ccccc23)cc(-c2cccc3c2ccc2ccccc23)c1. The monoisotopic (exact) mass is 1240 g/mol. The van der Waals surface area contributed by atoms with E-state index in [1.807, 2.05) is 42.5 Å². The number of hydrogen-bond donors (Lipinski definition) is 2. The summed E-state index contributed by atoms with van der Waals surface area (Å²) in [5, 5.41) is 44.4. The van der Waals surface area contributed by atoms with Gasteiger partial charge in [0.25, 0.3) is 0 Å². The zero-order valence-corrected chi connectivity index (χ0v) is 51.8. The first-order valence-electron chi connectivity index (χ1n) is 31.3. The molecule has 0 unspecified atom stereocenters. The summed E-state index contributed by atoms with van der Waals surface area (Å²) in [5.41, 5.74) is 12.9. The molecule has 0 heterocycles. The molecule has 2 nitrogen and oxygen atoms in total. The van der Waals surface area contributed by atoms with E-state index >= 15 is 0 Å². The smallest absolute Gasteiger partial charge is 0.423 e. The average molecular weight is 1240 g/mol. The minimum atomic E-state index is -1.53. The van der Waals surface area contributed by atoms with Crippen molar-refractivity contribution in [3.63, 3.8) is 0 Å². The fourth-order valence-corrected chi connectivity index (χ4v) is 14.8. The van der Waals surface area contributed by atoms with Crippen LogP contribution in [0.25, 0.3) is 163 Å². The van der Waals surface area contributed by atoms with Crippen molar-refractivity contribution in [2.45, 2.75) is 0 Å². The Morgan fingerprint density at radius 3 is 0.924 bits per heavy atom. The summed E-state index contributed by atoms with van der Waals surface area (Å²) in [7, 11) is -1.53. The third-order valence-corrected chi connectivity index (χ3v) is 18.9. The quantitative estimate of drug-likeness (QED) is 0.0990. The number of hydrogen-bond acceptors (Lipinski definition) is 2. The second-order valence-corrected chi connectivity index (χ2v) is 24.5. The van der Waals surface area contributed by atoms with Crippen LogP contribution in [0.15, 0.2) is 344 Å². The molecule has 18 aromatic rings. The normalized spacial score (nSPS) is 11.4. The van der Waals surface area contributed by atoms with Crippen molar-refractivity contribution in [3.8, 4) is 55.6 Å². The molecular weight excluding hydrogens is 1180 g/mol. The minimum absolute atomic E-state index is 0.560. The van der Waals surface area contributed by atoms with Crippen molar-refractivity contribution in [1.82, 2.24) is 0 Å². The third-order valence-electron chi connectivity index (χ3n) is 18.5. The molecule has 0 saturated heterocycles. The van der Waals surface area contributed by atoms with E-state index in [-0.39, 0.29) is 0 Å². The fraction of sp³-hybridized carbons (Fsp3) is 0. The molecule has 18 rings (SSSR count). The lowest BCUT2D eigenvalue weighted by Crippen LogP contribution is -2.31. The van der Waals surface area contributed by atoms with Gasteiger partial charge in [0, 0.05) is 4.47 Å². The standard InChI is InChI=1S/C44H28.C24H17BO2.C20H13Br/c1-4-18-34-29(12-1)14-10-25-38(34)44-41-21-7-5-19-39(41)43(40-20-6-8-22-42(40)44)32-16-9-15-31(28-32)35-23-11-24-36-33-17-3-2-13-30(33)26-27-37(35)36;26-25(27)24-21-13-5-3-11-19(21)23(20-12-4-6-14-22(20)24)18-15-7-9-16-8-1-2-10-17(16)18;21-16-7-3-6-15(13-16)18-9-4-10-19-17-8-2-1-5-14(17)11-12-20(18)19/h1-28H;1-15,26-27H;1-13H. The maximum atomic E-state index is 10.1. The molecule has 0 aromatic heterocycles. The van der Waals surface area contributed by atoms with Crippen LogP contribution in [0.2, 0.25) is 0 Å². The molecule has 0 amide bonds. The number of halogens is 1. The molecule has 0 aliphatic carbocycles. The summed E-state index contributed by atoms with van der Waals surface area (Å²) in [4.78, 5) is 0. The van der Waals surface area contributed by atoms with Crippen molar-refractivity contribution < 1.29 is 10.0 Å². The van der Waals surface area contributed by atoms with Crippen molar-refractivity contribution in [2.75, 3.05) is 0 Å². The Balaban J connectivity index is 0.000000119. The van der Waals surface area contributed by atoms with Gasteiger partial charge in [-0.05, 0) is 187 Å². The van der Waals surface area contributed by atoms with E-state index in [0.717, 1.165) is 37.1 Å². The summed E-state index contributed by atoms with van der Waals surface area (Å²) in [6.07, 6.45) is 0. The van der Waals surface area contributed by atoms with Crippen molar-refractivity contribution in [2.24, 2.45) is 0 Å². The Bertz CT molecular complexity index is 5790. The molecule has 92 heavy (non-hydrogen) atoms. The van der Waals surface area contributed by atoms with Crippen LogP contribution in [0.3, 0.4) is 0 Å². The van der Waals surface area contributed by atoms with Gasteiger partial charge in [0.05, 0.1) is 0 Å². The molecule has 4 heteroatoms. The van der Waals surface area contributed by atoms with Crippen molar-refractivity contribution in [3.05, 3.63) is 344 Å². The molecule has 0 atom stereocenters. The second-order valence-electron chi connectivity index (χ2n) is 23.6. The fourth-order valence-electron chi connectivity index (χ4n) is 14.4. The van der Waals surface area contributed by atoms with Gasteiger partial charge in [0.15, 0.2) is 0 Å². The lowest BCUT2D eigenvalue weighted by molar-refractivity contribution is 0.426. The Labute approximate surface area is 542 Å². The largest absolute Gasteiger partial charge is 0.489 e. The van der Waals surface area contributed by atoms with Gasteiger partial charge in [0.1, 0.15) is 0 Å². The Hall–Kier alpha value is -11.0. The zero-order chi connectivity index (χ0) is 61.7. The molecule has 18 aromatic carbocycles. The molecule has 0 bridgehead atoms. The van der Waals surface area contributed by atoms with Crippen LogP contribution in [-0.2, 0) is 0 Å². The van der Waals surface area contributed by atoms with Gasteiger partial charge in [-0.15, -0.1) is 0 Å². The van der Waals surface area contributed by atoms with E-state index in [4.69, 9.17) is 0 Å². The summed E-state index contributed by atoms with van der Waals surface area (Å²) >= 11 is 3.56. The van der Waals surface area contributed by atoms with Gasteiger partial charge >= 0.3 is 7.12 Å². The van der Waals surface area contributed by atoms with Gasteiger partial charge in [0.2, 0.25) is 0 Å². The number of fused-ring (bicyclic) bond motifs is 12. The molecule has 0 saturated carbocycles. The first kappa shape index (κ1) is 56.3. The van der Waals surface area contributed by atoms with E-state index in [0.29, 0.717) is 5.46 Å². The van der Waals surface area contributed by atoms with Crippen molar-refractivity contribution in [1.29, 1.82) is 0 Å². The van der Waals surface area contributed by atoms with Gasteiger partial charge < -0.3 is 10.0 Å². The number of benzene rings is 18. The topological polar surface area (TPSA) is 40.5 Å². The third kappa shape index (κ3) is 10.0. The van der Waals surface area contributed by atoms with Crippen LogP contribution >= 0.6 is 15.9 Å². The molecule has 0 radical (unpaired) electrons. The number of rotatable bonds is 6. The Kier molecular flexibility index (Phi) is 14.7. The van der Waals surface area contributed by atoms with E-state index < -0.39 is 7.12 Å². The van der Waals surface area contributed by atoms with Crippen molar-refractivity contribution >= 4 is 136 Å². The van der Waals surface area contributed by atoms with E-state index in [1.165, 1.54) is 131 Å². The molecule has 0 aliphatic heterocycles. The van der Waals surface area contributed by atoms with Gasteiger partial charge in [-0.2, -0.15) is 0 Å². The van der Waals surface area contributed by atoms with E-state index in [2.05, 4.69) is 313 Å². The molecule has 0 fully saturated rings. The van der Waals surface area contributed by atoms with Crippen LogP contribution in [0.1, 0.15) is 0 Å². The second kappa shape index (κ2) is 24.1. The Morgan fingerprint density at radius 2 is 0.489 bits per heavy atom. The predicted octanol–water partition coefficient (Wildman–Crippen LogP) is 23.4. The maximum Gasteiger partial charge on any atom is 0.489 e. The maximum absolute atomic E-state index is 10.1. The van der Waals surface area contributed by atoms with Crippen LogP contribution in [0.5, 0.6) is 0 Å². The average Bonchev–Trinajstić information content (AvgIpc) is 0.746. The summed E-state index contributed by atoms with van der Waals surface area (Å²) in [6, 6.07) is 121. The summed E-state index contributed by atoms with van der Waals surface area (Å²) < 4.78 is 1.11. The highest BCUT2D eigenvalue weighted by Crippen LogP contribution is 2.47. The highest BCUT2D eigenvalue weighted by molar-refractivity contribution is 9.10. The lowest BCUT2D eigenvalue weighted by atomic mass is 9.72. The van der Waals surface area contributed by atoms with Crippen LogP contribution < -0.4 is 5.46 Å². The van der Waals surface area contributed by atoms with Crippen LogP contribution in [0, 0.1) is 0 Å². The first-order chi connectivity index (χ1) is 45.4. The van der Waals surface area contributed by atoms with Gasteiger partial charge in [-0.25, -0.2) is 0 Å². The van der Waals surface area contributed by atoms with E-state index in [9.17, 15) is 10.0 Å². The van der Waals surface area contributed by atoms with Crippen LogP contribution in [0.4, 0.5) is 0 Å². The highest BCUT2D eigenvalue weighted by atomic mass is 79.9. The van der Waals surface area contributed by atoms with Gasteiger partial charge in [-0.3, -0.25) is 0 Å². The van der Waals surface area contributed by atoms with Crippen LogP contribution in [-0.4, -0.2) is 17.2 Å². The first-order valence-corrected chi connectivity index (χ1v) is 32.1. The molecule has 432 valence electrons. The summed E-state index contributed by atoms with van der Waals surface area (Å²) in [6.45, 7) is 0. The summed E-state index contributed by atoms with van der Waals surface area (Å²) in [5.74, 6) is 0. The molecule has 0 spiro atoms. The Morgan fingerprint density at radius 1 is 0.196 bits per heavy atom. The van der Waals surface area contributed by atoms with Gasteiger partial charge in [-0.1, -0.05) is 337 Å². The zero-order valence-electron chi connectivity index (χ0n) is 50.2. The highest BCUT2D eigenvalue weighted by Gasteiger charge is 2.24. The molecule has 2 N–H and O–H groups in total.